The number of nitrogens with two attached hydrogens (primary N) is 1. The summed E-state index contributed by atoms with van der Waals surface area (Å²) in [5.74, 6) is 3.70. The van der Waals surface area contributed by atoms with Gasteiger partial charge in [-0.2, -0.15) is 0 Å². The van der Waals surface area contributed by atoms with E-state index in [0.29, 0.717) is 40.4 Å². The molecule has 2 fully saturated rings. The second-order valence-electron chi connectivity index (χ2n) is 17.4. The van der Waals surface area contributed by atoms with E-state index >= 15 is 14.4 Å². The summed E-state index contributed by atoms with van der Waals surface area (Å²) >= 11 is 0. The Morgan fingerprint density at radius 1 is 0.817 bits per heavy atom. The number of benzene rings is 5. The van der Waals surface area contributed by atoms with Gasteiger partial charge in [0, 0.05) is 25.8 Å². The number of aliphatic hydroxyl groups is 1. The Morgan fingerprint density at radius 3 is 2.17 bits per heavy atom. The molecule has 0 saturated carbocycles. The maximum atomic E-state index is 16.6. The Hall–Kier alpha value is -7.91. The van der Waals surface area contributed by atoms with E-state index in [4.69, 9.17) is 34.2 Å². The molecule has 2 saturated heterocycles. The molecule has 0 unspecified atom stereocenters. The van der Waals surface area contributed by atoms with Gasteiger partial charge in [-0.1, -0.05) is 84.6 Å². The molecule has 9 rings (SSSR count). The number of carbonyl (C=O) groups is 5. The average molecular weight is 964 g/mol. The summed E-state index contributed by atoms with van der Waals surface area (Å²) in [6, 6.07) is 30.0. The first kappa shape index (κ1) is 48.1. The first-order valence-corrected chi connectivity index (χ1v) is 23.2. The molecule has 0 bridgehead atoms. The molecular weight excluding hydrogens is 911 g/mol. The Labute approximate surface area is 410 Å². The lowest BCUT2D eigenvalue weighted by Crippen LogP contribution is -2.57. The number of nitrogens with zero attached hydrogens (tertiary/aromatic N) is 3. The topological polar surface area (TPSA) is 209 Å². The third-order valence-electron chi connectivity index (χ3n) is 13.6. The number of rotatable bonds is 13. The Morgan fingerprint density at radius 2 is 1.51 bits per heavy atom. The van der Waals surface area contributed by atoms with Crippen molar-refractivity contribution in [2.75, 3.05) is 65.7 Å². The number of esters is 1. The van der Waals surface area contributed by atoms with Crippen molar-refractivity contribution in [2.45, 2.75) is 42.6 Å². The van der Waals surface area contributed by atoms with Crippen molar-refractivity contribution in [1.29, 1.82) is 0 Å². The molecular formula is C54H53N5O12. The van der Waals surface area contributed by atoms with Gasteiger partial charge in [-0.05, 0) is 82.3 Å². The first-order chi connectivity index (χ1) is 34.5. The molecule has 366 valence electrons. The van der Waals surface area contributed by atoms with Crippen LogP contribution in [-0.4, -0.2) is 112 Å². The maximum absolute atomic E-state index is 16.6. The molecule has 0 aromatic heterocycles. The molecule has 0 radical (unpaired) electrons. The van der Waals surface area contributed by atoms with Crippen LogP contribution in [0.4, 0.5) is 15.3 Å². The Kier molecular flexibility index (Phi) is 14.0. The fraction of sp³-hybridized carbons (Fsp3) is 0.315. The SMILES string of the molecule is COCCOC(=O)N1C(=O)[C@@]2(c3cc(C#CCNC(N)=O)ccc31)[C@H](c1ccc(OCCO)cc1)N1[C@H](c3ccccc3)[C@H](c3ccccc3)OC(=O)[C@H]1[C@@H]2C(=O)N1CCc2cc(OC)c(OC)cc2C1. The highest BCUT2D eigenvalue weighted by Gasteiger charge is 2.76. The van der Waals surface area contributed by atoms with Crippen molar-refractivity contribution in [3.05, 3.63) is 154 Å². The Balaban J connectivity index is 1.34. The second-order valence-corrected chi connectivity index (χ2v) is 17.4. The molecule has 17 heteroatoms. The summed E-state index contributed by atoms with van der Waals surface area (Å²) in [4.78, 5) is 79.3. The number of amides is 5. The van der Waals surface area contributed by atoms with Gasteiger partial charge in [0.15, 0.2) is 11.5 Å². The summed E-state index contributed by atoms with van der Waals surface area (Å²) < 4.78 is 34.7. The highest BCUT2D eigenvalue weighted by molar-refractivity contribution is 6.23. The number of hydrogen-bond donors (Lipinski definition) is 3. The molecule has 71 heavy (non-hydrogen) atoms. The molecule has 4 N–H and O–H groups in total. The van der Waals surface area contributed by atoms with E-state index in [0.717, 1.165) is 21.6 Å². The van der Waals surface area contributed by atoms with Crippen LogP contribution in [0.25, 0.3) is 0 Å². The minimum absolute atomic E-state index is 0.0144. The fourth-order valence-corrected chi connectivity index (χ4v) is 10.7. The number of fused-ring (bicyclic) bond motifs is 4. The van der Waals surface area contributed by atoms with E-state index in [9.17, 15) is 14.7 Å². The predicted octanol–water partition coefficient (Wildman–Crippen LogP) is 5.13. The smallest absolute Gasteiger partial charge is 0.421 e. The lowest BCUT2D eigenvalue weighted by Gasteiger charge is -2.46. The number of urea groups is 1. The quantitative estimate of drug-likeness (QED) is 0.0796. The van der Waals surface area contributed by atoms with E-state index in [1.807, 2.05) is 77.7 Å². The zero-order chi connectivity index (χ0) is 49.8. The minimum Gasteiger partial charge on any atom is -0.493 e. The van der Waals surface area contributed by atoms with E-state index in [2.05, 4.69) is 17.2 Å². The number of methoxy groups -OCH3 is 3. The van der Waals surface area contributed by atoms with Crippen molar-refractivity contribution >= 4 is 35.6 Å². The monoisotopic (exact) mass is 963 g/mol. The molecule has 5 amide bonds. The summed E-state index contributed by atoms with van der Waals surface area (Å²) in [6.07, 6.45) is -1.56. The molecule has 4 aliphatic heterocycles. The van der Waals surface area contributed by atoms with Gasteiger partial charge in [0.2, 0.25) is 11.8 Å². The minimum atomic E-state index is -2.09. The second kappa shape index (κ2) is 20.6. The summed E-state index contributed by atoms with van der Waals surface area (Å²) in [5, 5.41) is 12.1. The van der Waals surface area contributed by atoms with Crippen LogP contribution >= 0.6 is 0 Å². The molecule has 5 aromatic carbocycles. The third-order valence-corrected chi connectivity index (χ3v) is 13.6. The molecule has 5 aromatic rings. The predicted molar refractivity (Wildman–Crippen MR) is 257 cm³/mol. The van der Waals surface area contributed by atoms with Crippen LogP contribution < -0.4 is 30.2 Å². The van der Waals surface area contributed by atoms with E-state index in [1.54, 1.807) is 54.5 Å². The van der Waals surface area contributed by atoms with Gasteiger partial charge in [0.25, 0.3) is 0 Å². The highest BCUT2D eigenvalue weighted by Crippen LogP contribution is 2.66. The number of anilines is 1. The van der Waals surface area contributed by atoms with Crippen molar-refractivity contribution < 1.29 is 57.5 Å². The normalized spacial score (nSPS) is 22.1. The highest BCUT2D eigenvalue weighted by atomic mass is 16.6. The number of hydrogen-bond acceptors (Lipinski definition) is 13. The van der Waals surface area contributed by atoms with Gasteiger partial charge in [-0.3, -0.25) is 19.3 Å². The van der Waals surface area contributed by atoms with Crippen LogP contribution in [0.15, 0.2) is 115 Å². The Bertz CT molecular complexity index is 2890. The third kappa shape index (κ3) is 8.75. The lowest BCUT2D eigenvalue weighted by atomic mass is 9.64. The largest absolute Gasteiger partial charge is 0.493 e. The number of nitrogens with one attached hydrogen (secondary N) is 1. The van der Waals surface area contributed by atoms with Crippen LogP contribution in [0.1, 0.15) is 57.1 Å². The van der Waals surface area contributed by atoms with Gasteiger partial charge in [0.05, 0.1) is 57.7 Å². The van der Waals surface area contributed by atoms with Gasteiger partial charge >= 0.3 is 18.1 Å². The molecule has 6 atom stereocenters. The van der Waals surface area contributed by atoms with Crippen LogP contribution in [0, 0.1) is 17.8 Å². The lowest BCUT2D eigenvalue weighted by molar-refractivity contribution is -0.179. The van der Waals surface area contributed by atoms with Crippen LogP contribution in [0.5, 0.6) is 17.2 Å². The maximum Gasteiger partial charge on any atom is 0.421 e. The molecule has 4 aliphatic rings. The van der Waals surface area contributed by atoms with Gasteiger partial charge in [-0.25, -0.2) is 14.5 Å². The summed E-state index contributed by atoms with van der Waals surface area (Å²) in [6.45, 7) is -0.201. The molecule has 0 aliphatic carbocycles. The van der Waals surface area contributed by atoms with Gasteiger partial charge in [-0.15, -0.1) is 0 Å². The molecule has 1 spiro atoms. The van der Waals surface area contributed by atoms with Gasteiger partial charge in [0.1, 0.15) is 36.5 Å². The summed E-state index contributed by atoms with van der Waals surface area (Å²) in [5.41, 5.74) is 7.58. The average Bonchev–Trinajstić information content (AvgIpc) is 3.85. The number of imide groups is 1. The van der Waals surface area contributed by atoms with E-state index < -0.39 is 65.5 Å². The van der Waals surface area contributed by atoms with Crippen LogP contribution in [-0.2, 0) is 47.0 Å². The number of primary amides is 1. The number of aliphatic hydroxyl groups excluding tert-OH is 1. The van der Waals surface area contributed by atoms with Crippen molar-refractivity contribution in [1.82, 2.24) is 15.1 Å². The number of carbonyl (C=O) groups excluding carboxylic acids is 5. The molecule has 4 heterocycles. The van der Waals surface area contributed by atoms with E-state index in [-0.39, 0.29) is 57.3 Å². The zero-order valence-electron chi connectivity index (χ0n) is 39.4. The summed E-state index contributed by atoms with van der Waals surface area (Å²) in [7, 11) is 4.53. The number of ether oxygens (including phenoxy) is 6. The zero-order valence-corrected chi connectivity index (χ0v) is 39.4. The van der Waals surface area contributed by atoms with Crippen molar-refractivity contribution in [3.63, 3.8) is 0 Å². The van der Waals surface area contributed by atoms with E-state index in [1.165, 1.54) is 14.2 Å². The standard InChI is InChI=1S/C54H53N5O12/c1-66-27-28-70-53(65)58-41-21-16-33(11-10-23-56-52(55)64)29-40(41)54(51(58)63)44(49(61)57-24-22-37-30-42(67-2)43(68-3)31-38(37)32-57)46-50(62)71-47(35-14-8-5-9-15-35)45(34-12-6-4-7-13-34)59(46)48(54)36-17-19-39(20-18-36)69-26-25-60/h4-9,12-21,29-31,44-48,60H,22-28,32H2,1-3H3,(H3,55,56,64)/t44-,45-,46-,47+,48+,54-/m1/s1. The van der Waals surface area contributed by atoms with Crippen molar-refractivity contribution in [3.8, 4) is 29.1 Å². The van der Waals surface area contributed by atoms with Crippen LogP contribution in [0.3, 0.4) is 0 Å². The van der Waals surface area contributed by atoms with Crippen molar-refractivity contribution in [2.24, 2.45) is 11.7 Å². The van der Waals surface area contributed by atoms with Gasteiger partial charge < -0.3 is 49.5 Å². The first-order valence-electron chi connectivity index (χ1n) is 23.2. The number of morpholine rings is 1. The fourth-order valence-electron chi connectivity index (χ4n) is 10.7. The molecule has 17 nitrogen and oxygen atoms in total. The van der Waals surface area contributed by atoms with Crippen LogP contribution in [0.2, 0.25) is 0 Å². The number of cyclic esters (lactones) is 1.